The highest BCUT2D eigenvalue weighted by molar-refractivity contribution is 6.46. The number of hydrogen-bond donors (Lipinski definition) is 3. The molecule has 1 fully saturated rings. The summed E-state index contributed by atoms with van der Waals surface area (Å²) in [4.78, 5) is 26.4. The summed E-state index contributed by atoms with van der Waals surface area (Å²) in [5.74, 6) is -1.26. The molecule has 1 saturated heterocycles. The highest BCUT2D eigenvalue weighted by atomic mass is 16.5. The van der Waals surface area contributed by atoms with Crippen molar-refractivity contribution in [3.63, 3.8) is 0 Å². The van der Waals surface area contributed by atoms with Crippen LogP contribution in [0.25, 0.3) is 5.76 Å². The first-order valence-electron chi connectivity index (χ1n) is 8.89. The number of likely N-dealkylation sites (tertiary alicyclic amines) is 1. The van der Waals surface area contributed by atoms with Gasteiger partial charge in [0.25, 0.3) is 11.7 Å². The van der Waals surface area contributed by atoms with Gasteiger partial charge in [0.2, 0.25) is 0 Å². The van der Waals surface area contributed by atoms with Gasteiger partial charge in [-0.05, 0) is 48.9 Å². The third-order valence-electron chi connectivity index (χ3n) is 4.53. The first-order chi connectivity index (χ1) is 13.5. The lowest BCUT2D eigenvalue weighted by Gasteiger charge is -2.24. The van der Waals surface area contributed by atoms with Gasteiger partial charge in [0.1, 0.15) is 17.3 Å². The number of ketones is 1. The third kappa shape index (κ3) is 3.57. The summed E-state index contributed by atoms with van der Waals surface area (Å²) in [6.07, 6.45) is 0. The van der Waals surface area contributed by atoms with Gasteiger partial charge in [0, 0.05) is 12.1 Å². The number of ether oxygens (including phenoxy) is 1. The lowest BCUT2D eigenvalue weighted by atomic mass is 9.95. The summed E-state index contributed by atoms with van der Waals surface area (Å²) >= 11 is 0. The molecule has 7 nitrogen and oxygen atoms in total. The van der Waals surface area contributed by atoms with E-state index in [-0.39, 0.29) is 30.2 Å². The molecule has 3 rings (SSSR count). The zero-order valence-electron chi connectivity index (χ0n) is 15.3. The van der Waals surface area contributed by atoms with Crippen LogP contribution in [-0.2, 0) is 9.59 Å². The molecule has 0 aliphatic carbocycles. The lowest BCUT2D eigenvalue weighted by Crippen LogP contribution is -2.32. The van der Waals surface area contributed by atoms with Gasteiger partial charge in [-0.1, -0.05) is 12.1 Å². The van der Waals surface area contributed by atoms with E-state index >= 15 is 0 Å². The van der Waals surface area contributed by atoms with Gasteiger partial charge >= 0.3 is 0 Å². The summed E-state index contributed by atoms with van der Waals surface area (Å²) < 4.78 is 5.38. The number of β-amino-alcohol motifs (C(OH)–C–C–N with tert-alkyl or cyclic N) is 1. The molecule has 146 valence electrons. The maximum Gasteiger partial charge on any atom is 0.295 e. The Bertz CT molecular complexity index is 901. The molecule has 0 spiro atoms. The molecule has 1 atom stereocenters. The molecule has 1 amide bonds. The molecule has 2 aromatic carbocycles. The van der Waals surface area contributed by atoms with Crippen LogP contribution in [0.3, 0.4) is 0 Å². The van der Waals surface area contributed by atoms with Crippen LogP contribution < -0.4 is 4.74 Å². The maximum absolute atomic E-state index is 12.7. The number of phenolic OH excluding ortho intramolecular Hbond substituents is 1. The molecule has 2 aromatic rings. The Morgan fingerprint density at radius 2 is 1.71 bits per heavy atom. The fourth-order valence-electron chi connectivity index (χ4n) is 3.25. The van der Waals surface area contributed by atoms with Crippen LogP contribution >= 0.6 is 0 Å². The summed E-state index contributed by atoms with van der Waals surface area (Å²) in [5, 5.41) is 29.7. The van der Waals surface area contributed by atoms with Crippen LogP contribution in [0.2, 0.25) is 0 Å². The van der Waals surface area contributed by atoms with Crippen LogP contribution in [-0.4, -0.2) is 51.7 Å². The van der Waals surface area contributed by atoms with Crippen molar-refractivity contribution in [2.75, 3.05) is 19.8 Å². The van der Waals surface area contributed by atoms with Gasteiger partial charge in [0.05, 0.1) is 24.8 Å². The summed E-state index contributed by atoms with van der Waals surface area (Å²) in [7, 11) is 0. The monoisotopic (exact) mass is 383 g/mol. The van der Waals surface area contributed by atoms with E-state index in [0.29, 0.717) is 23.5 Å². The second kappa shape index (κ2) is 8.14. The molecule has 1 aliphatic heterocycles. The number of aliphatic hydroxyl groups is 2. The maximum atomic E-state index is 12.7. The van der Waals surface area contributed by atoms with Crippen molar-refractivity contribution in [2.24, 2.45) is 0 Å². The number of benzene rings is 2. The second-order valence-corrected chi connectivity index (χ2v) is 6.27. The Balaban J connectivity index is 2.10. The van der Waals surface area contributed by atoms with E-state index in [9.17, 15) is 24.9 Å². The standard InChI is InChI=1S/C21H21NO6/c1-2-28-16-9-5-14(6-10-16)19(25)17-18(13-3-7-15(24)8-4-13)22(11-12-23)21(27)20(17)26/h3-10,18,23-25H,2,11-12H2,1H3/t18-/m1/s1. The zero-order valence-corrected chi connectivity index (χ0v) is 15.3. The number of nitrogens with zero attached hydrogens (tertiary/aromatic N) is 1. The van der Waals surface area contributed by atoms with Crippen molar-refractivity contribution in [3.05, 3.63) is 65.2 Å². The number of phenols is 1. The number of aliphatic hydroxyl groups excluding tert-OH is 2. The average molecular weight is 383 g/mol. The highest BCUT2D eigenvalue weighted by Crippen LogP contribution is 2.39. The van der Waals surface area contributed by atoms with Crippen LogP contribution in [0.1, 0.15) is 24.1 Å². The Hall–Kier alpha value is -3.32. The van der Waals surface area contributed by atoms with Crippen LogP contribution in [0, 0.1) is 0 Å². The minimum Gasteiger partial charge on any atom is -0.508 e. The van der Waals surface area contributed by atoms with E-state index in [4.69, 9.17) is 4.74 Å². The third-order valence-corrected chi connectivity index (χ3v) is 4.53. The first kappa shape index (κ1) is 19.4. The van der Waals surface area contributed by atoms with E-state index in [1.54, 1.807) is 36.4 Å². The fraction of sp³-hybridized carbons (Fsp3) is 0.238. The van der Waals surface area contributed by atoms with E-state index in [1.165, 1.54) is 17.0 Å². The normalized spacial score (nSPS) is 18.5. The molecule has 1 heterocycles. The van der Waals surface area contributed by atoms with Crippen molar-refractivity contribution in [1.82, 2.24) is 4.90 Å². The average Bonchev–Trinajstić information content (AvgIpc) is 2.94. The smallest absolute Gasteiger partial charge is 0.295 e. The molecule has 3 N–H and O–H groups in total. The quantitative estimate of drug-likeness (QED) is 0.401. The minimum absolute atomic E-state index is 0.0365. The lowest BCUT2D eigenvalue weighted by molar-refractivity contribution is -0.140. The molecule has 28 heavy (non-hydrogen) atoms. The van der Waals surface area contributed by atoms with Gasteiger partial charge in [0.15, 0.2) is 0 Å². The Labute approximate surface area is 162 Å². The van der Waals surface area contributed by atoms with Crippen molar-refractivity contribution in [3.8, 4) is 11.5 Å². The SMILES string of the molecule is CCOc1ccc(C(O)=C2C(=O)C(=O)N(CCO)[C@@H]2c2ccc(O)cc2)cc1. The van der Waals surface area contributed by atoms with Crippen molar-refractivity contribution in [2.45, 2.75) is 13.0 Å². The van der Waals surface area contributed by atoms with E-state index in [1.807, 2.05) is 6.92 Å². The molecule has 0 bridgehead atoms. The number of carbonyl (C=O) groups excluding carboxylic acids is 2. The number of rotatable bonds is 6. The largest absolute Gasteiger partial charge is 0.508 e. The topological polar surface area (TPSA) is 107 Å². The van der Waals surface area contributed by atoms with Crippen molar-refractivity contribution >= 4 is 17.4 Å². The molecular formula is C21H21NO6. The Morgan fingerprint density at radius 1 is 1.07 bits per heavy atom. The van der Waals surface area contributed by atoms with Crippen molar-refractivity contribution < 1.29 is 29.6 Å². The van der Waals surface area contributed by atoms with Gasteiger partial charge < -0.3 is 25.0 Å². The molecule has 0 aromatic heterocycles. The summed E-state index contributed by atoms with van der Waals surface area (Å²) in [5.41, 5.74) is 0.848. The molecule has 0 unspecified atom stereocenters. The van der Waals surface area contributed by atoms with Gasteiger partial charge in [-0.25, -0.2) is 0 Å². The molecule has 7 heteroatoms. The van der Waals surface area contributed by atoms with Crippen LogP contribution in [0.5, 0.6) is 11.5 Å². The van der Waals surface area contributed by atoms with Gasteiger partial charge in [-0.3, -0.25) is 9.59 Å². The van der Waals surface area contributed by atoms with Gasteiger partial charge in [-0.15, -0.1) is 0 Å². The predicted molar refractivity (Wildman–Crippen MR) is 102 cm³/mol. The molecule has 0 radical (unpaired) electrons. The predicted octanol–water partition coefficient (Wildman–Crippen LogP) is 2.20. The molecule has 0 saturated carbocycles. The first-order valence-corrected chi connectivity index (χ1v) is 8.89. The van der Waals surface area contributed by atoms with E-state index in [0.717, 1.165) is 0 Å². The minimum atomic E-state index is -0.862. The van der Waals surface area contributed by atoms with E-state index in [2.05, 4.69) is 0 Å². The van der Waals surface area contributed by atoms with Crippen LogP contribution in [0.4, 0.5) is 0 Å². The number of carbonyl (C=O) groups is 2. The molecular weight excluding hydrogens is 362 g/mol. The number of hydrogen-bond acceptors (Lipinski definition) is 6. The molecule has 1 aliphatic rings. The number of aromatic hydroxyl groups is 1. The Morgan fingerprint density at radius 3 is 2.29 bits per heavy atom. The Kier molecular flexibility index (Phi) is 5.65. The highest BCUT2D eigenvalue weighted by Gasteiger charge is 2.45. The van der Waals surface area contributed by atoms with E-state index < -0.39 is 17.7 Å². The second-order valence-electron chi connectivity index (χ2n) is 6.27. The fourth-order valence-corrected chi connectivity index (χ4v) is 3.25. The van der Waals surface area contributed by atoms with Crippen molar-refractivity contribution in [1.29, 1.82) is 0 Å². The summed E-state index contributed by atoms with van der Waals surface area (Å²) in [6, 6.07) is 11.7. The zero-order chi connectivity index (χ0) is 20.3. The number of Topliss-reactive ketones (excluding diaryl/α,β-unsaturated/α-hetero) is 1. The number of amides is 1. The van der Waals surface area contributed by atoms with Crippen LogP contribution in [0.15, 0.2) is 54.1 Å². The van der Waals surface area contributed by atoms with Gasteiger partial charge in [-0.2, -0.15) is 0 Å². The summed E-state index contributed by atoms with van der Waals surface area (Å²) in [6.45, 7) is 1.97.